The fourth-order valence-corrected chi connectivity index (χ4v) is 1.52. The highest BCUT2D eigenvalue weighted by Gasteiger charge is 2.23. The Balaban J connectivity index is 2.10. The maximum absolute atomic E-state index is 5.16. The largest absolute Gasteiger partial charge is 0.498 e. The lowest BCUT2D eigenvalue weighted by atomic mass is 10.2. The van der Waals surface area contributed by atoms with E-state index in [-0.39, 0.29) is 0 Å². The van der Waals surface area contributed by atoms with Crippen LogP contribution in [0.2, 0.25) is 0 Å². The Morgan fingerprint density at radius 2 is 2.56 bits per heavy atom. The Bertz CT molecular complexity index is 133. The Kier molecular flexibility index (Phi) is 1.11. The van der Waals surface area contributed by atoms with Crippen molar-refractivity contribution in [2.75, 3.05) is 13.2 Å². The molecule has 0 aromatic heterocycles. The van der Waals surface area contributed by atoms with Gasteiger partial charge in [-0.3, -0.25) is 0 Å². The van der Waals surface area contributed by atoms with E-state index >= 15 is 0 Å². The third-order valence-electron chi connectivity index (χ3n) is 2.06. The molecule has 2 rings (SSSR count). The van der Waals surface area contributed by atoms with Gasteiger partial charge in [-0.05, 0) is 12.8 Å². The predicted octanol–water partition coefficient (Wildman–Crippen LogP) is 0.952. The van der Waals surface area contributed by atoms with Crippen LogP contribution in [0.1, 0.15) is 12.8 Å². The van der Waals surface area contributed by atoms with Crippen LogP contribution < -0.4 is 0 Å². The standard InChI is InChI=1S/C7H11NO/c1-2-7-6-9-5-4-8(7)3-1/h4-5,7H,1-3,6H2. The summed E-state index contributed by atoms with van der Waals surface area (Å²) >= 11 is 0. The smallest absolute Gasteiger partial charge is 0.108 e. The van der Waals surface area contributed by atoms with Gasteiger partial charge in [0, 0.05) is 12.7 Å². The van der Waals surface area contributed by atoms with Crippen LogP contribution in [0.3, 0.4) is 0 Å². The fourth-order valence-electron chi connectivity index (χ4n) is 1.52. The van der Waals surface area contributed by atoms with Crippen molar-refractivity contribution >= 4 is 0 Å². The third kappa shape index (κ3) is 0.784. The molecular formula is C7H11NO. The molecule has 0 aromatic rings. The monoisotopic (exact) mass is 125 g/mol. The zero-order valence-corrected chi connectivity index (χ0v) is 5.42. The molecule has 2 aliphatic rings. The van der Waals surface area contributed by atoms with E-state index in [4.69, 9.17) is 4.74 Å². The van der Waals surface area contributed by atoms with E-state index in [1.807, 2.05) is 0 Å². The fraction of sp³-hybridized carbons (Fsp3) is 0.714. The van der Waals surface area contributed by atoms with Crippen LogP contribution in [0, 0.1) is 0 Å². The third-order valence-corrected chi connectivity index (χ3v) is 2.06. The molecule has 1 unspecified atom stereocenters. The summed E-state index contributed by atoms with van der Waals surface area (Å²) in [5, 5.41) is 0. The number of nitrogens with zero attached hydrogens (tertiary/aromatic N) is 1. The quantitative estimate of drug-likeness (QED) is 0.478. The van der Waals surface area contributed by atoms with Crippen LogP contribution in [0.15, 0.2) is 12.5 Å². The Hall–Kier alpha value is -0.660. The van der Waals surface area contributed by atoms with E-state index in [1.165, 1.54) is 19.4 Å². The maximum Gasteiger partial charge on any atom is 0.108 e. The van der Waals surface area contributed by atoms with Gasteiger partial charge >= 0.3 is 0 Å². The van der Waals surface area contributed by atoms with Crippen molar-refractivity contribution in [2.24, 2.45) is 0 Å². The second-order valence-corrected chi connectivity index (χ2v) is 2.65. The van der Waals surface area contributed by atoms with Crippen molar-refractivity contribution < 1.29 is 4.74 Å². The van der Waals surface area contributed by atoms with Gasteiger partial charge in [0.25, 0.3) is 0 Å². The van der Waals surface area contributed by atoms with Crippen LogP contribution in [-0.2, 0) is 4.74 Å². The van der Waals surface area contributed by atoms with Gasteiger partial charge in [0.2, 0.25) is 0 Å². The average Bonchev–Trinajstić information content (AvgIpc) is 2.33. The highest BCUT2D eigenvalue weighted by atomic mass is 16.5. The van der Waals surface area contributed by atoms with Gasteiger partial charge in [0.15, 0.2) is 0 Å². The number of fused-ring (bicyclic) bond motifs is 1. The van der Waals surface area contributed by atoms with E-state index in [2.05, 4.69) is 11.1 Å². The molecule has 1 fully saturated rings. The summed E-state index contributed by atoms with van der Waals surface area (Å²) in [5.41, 5.74) is 0. The molecule has 2 aliphatic heterocycles. The van der Waals surface area contributed by atoms with Crippen molar-refractivity contribution in [3.8, 4) is 0 Å². The summed E-state index contributed by atoms with van der Waals surface area (Å²) in [6.45, 7) is 2.13. The first kappa shape index (κ1) is 5.15. The van der Waals surface area contributed by atoms with Gasteiger partial charge in [-0.1, -0.05) is 0 Å². The summed E-state index contributed by atoms with van der Waals surface area (Å²) in [4.78, 5) is 2.36. The van der Waals surface area contributed by atoms with E-state index in [0.29, 0.717) is 6.04 Å². The molecule has 50 valence electrons. The molecule has 9 heavy (non-hydrogen) atoms. The predicted molar refractivity (Wildman–Crippen MR) is 34.8 cm³/mol. The molecule has 0 saturated carbocycles. The first-order valence-electron chi connectivity index (χ1n) is 3.51. The van der Waals surface area contributed by atoms with Crippen LogP contribution >= 0.6 is 0 Å². The first-order chi connectivity index (χ1) is 4.47. The average molecular weight is 125 g/mol. The van der Waals surface area contributed by atoms with E-state index < -0.39 is 0 Å². The minimum absolute atomic E-state index is 0.690. The van der Waals surface area contributed by atoms with Crippen molar-refractivity contribution in [2.45, 2.75) is 18.9 Å². The molecule has 2 heteroatoms. The van der Waals surface area contributed by atoms with Crippen LogP contribution in [0.4, 0.5) is 0 Å². The summed E-state index contributed by atoms with van der Waals surface area (Å²) < 4.78 is 5.16. The topological polar surface area (TPSA) is 12.5 Å². The van der Waals surface area contributed by atoms with E-state index in [1.54, 1.807) is 6.26 Å². The van der Waals surface area contributed by atoms with Gasteiger partial charge in [-0.2, -0.15) is 0 Å². The van der Waals surface area contributed by atoms with E-state index in [0.717, 1.165) is 6.61 Å². The SMILES string of the molecule is C1=CN2CCCC2CO1. The van der Waals surface area contributed by atoms with Crippen LogP contribution in [-0.4, -0.2) is 24.1 Å². The molecule has 2 nitrogen and oxygen atoms in total. The number of rotatable bonds is 0. The van der Waals surface area contributed by atoms with Gasteiger partial charge in [-0.25, -0.2) is 0 Å². The van der Waals surface area contributed by atoms with Gasteiger partial charge in [0.1, 0.15) is 6.61 Å². The molecular weight excluding hydrogens is 114 g/mol. The Labute approximate surface area is 55.1 Å². The molecule has 0 amide bonds. The maximum atomic E-state index is 5.16. The summed E-state index contributed by atoms with van der Waals surface area (Å²) in [5.74, 6) is 0. The second-order valence-electron chi connectivity index (χ2n) is 2.65. The van der Waals surface area contributed by atoms with Crippen molar-refractivity contribution in [1.82, 2.24) is 4.90 Å². The van der Waals surface area contributed by atoms with Crippen LogP contribution in [0.5, 0.6) is 0 Å². The molecule has 0 aliphatic carbocycles. The summed E-state index contributed by atoms with van der Waals surface area (Å²) in [7, 11) is 0. The van der Waals surface area contributed by atoms with Crippen molar-refractivity contribution in [1.29, 1.82) is 0 Å². The van der Waals surface area contributed by atoms with Gasteiger partial charge in [0.05, 0.1) is 12.3 Å². The first-order valence-corrected chi connectivity index (χ1v) is 3.51. The molecule has 0 spiro atoms. The molecule has 0 bridgehead atoms. The Morgan fingerprint density at radius 3 is 3.44 bits per heavy atom. The highest BCUT2D eigenvalue weighted by Crippen LogP contribution is 2.20. The van der Waals surface area contributed by atoms with Gasteiger partial charge < -0.3 is 9.64 Å². The summed E-state index contributed by atoms with van der Waals surface area (Å²) in [6, 6.07) is 0.690. The van der Waals surface area contributed by atoms with E-state index in [9.17, 15) is 0 Å². The molecule has 0 radical (unpaired) electrons. The van der Waals surface area contributed by atoms with Gasteiger partial charge in [-0.15, -0.1) is 0 Å². The number of hydrogen-bond acceptors (Lipinski definition) is 2. The second kappa shape index (κ2) is 1.94. The highest BCUT2D eigenvalue weighted by molar-refractivity contribution is 4.91. The zero-order valence-electron chi connectivity index (χ0n) is 5.42. The van der Waals surface area contributed by atoms with Crippen LogP contribution in [0.25, 0.3) is 0 Å². The number of hydrogen-bond donors (Lipinski definition) is 0. The molecule has 1 atom stereocenters. The summed E-state index contributed by atoms with van der Waals surface area (Å²) in [6.07, 6.45) is 6.49. The lowest BCUT2D eigenvalue weighted by Crippen LogP contribution is -2.30. The zero-order chi connectivity index (χ0) is 6.10. The lowest BCUT2D eigenvalue weighted by molar-refractivity contribution is 0.139. The molecule has 0 N–H and O–H groups in total. The normalized spacial score (nSPS) is 32.0. The number of ether oxygens (including phenoxy) is 1. The minimum Gasteiger partial charge on any atom is -0.498 e. The molecule has 1 saturated heterocycles. The molecule has 0 aromatic carbocycles. The molecule has 2 heterocycles. The van der Waals surface area contributed by atoms with Crippen molar-refractivity contribution in [3.05, 3.63) is 12.5 Å². The minimum atomic E-state index is 0.690. The Morgan fingerprint density at radius 1 is 1.56 bits per heavy atom. The van der Waals surface area contributed by atoms with Crippen molar-refractivity contribution in [3.63, 3.8) is 0 Å². The lowest BCUT2D eigenvalue weighted by Gasteiger charge is -2.25.